The van der Waals surface area contributed by atoms with E-state index in [1.54, 1.807) is 6.20 Å². The summed E-state index contributed by atoms with van der Waals surface area (Å²) in [6.45, 7) is 17.5. The predicted octanol–water partition coefficient (Wildman–Crippen LogP) is 6.39. The van der Waals surface area contributed by atoms with Gasteiger partial charge in [0.15, 0.2) is 13.1 Å². The number of H-pyrrole nitrogens is 1. The standard InChI is InChI=1S/C16H24FO4P.C9H12N2O3S.C2H6/c1-15(2,3)11-7-12(16(4,5)6)14-10(13(11)17)8-19-22(21-14)20-9-18;1-5-4-11(9(13)10-8(5)15)6-2-3-7(12)14-6;1-2/h7,18H,8-9H2,1-6H3;4,6-7,12H,2-3H2,1H3,(H,10,13,15);1-2H3. The van der Waals surface area contributed by atoms with E-state index >= 15 is 0 Å². The first-order valence-electron chi connectivity index (χ1n) is 13.0. The second-order valence-corrected chi connectivity index (χ2v) is 12.6. The van der Waals surface area contributed by atoms with Gasteiger partial charge in [0, 0.05) is 23.7 Å². The predicted molar refractivity (Wildman–Crippen MR) is 152 cm³/mol. The van der Waals surface area contributed by atoms with E-state index in [0.29, 0.717) is 34.4 Å². The molecule has 1 saturated heterocycles. The van der Waals surface area contributed by atoms with Crippen molar-refractivity contribution in [3.05, 3.63) is 55.5 Å². The molecule has 39 heavy (non-hydrogen) atoms. The molecule has 0 aliphatic carbocycles. The molecule has 1 aromatic carbocycles. The monoisotopic (exact) mass is 588 g/mol. The topological polar surface area (TPSA) is 115 Å². The minimum absolute atomic E-state index is 0.0832. The molecule has 2 aliphatic rings. The number of nitrogens with one attached hydrogen (secondary N) is 1. The molecule has 0 spiro atoms. The molecule has 0 amide bonds. The van der Waals surface area contributed by atoms with Crippen LogP contribution in [0.4, 0.5) is 4.39 Å². The van der Waals surface area contributed by atoms with Crippen molar-refractivity contribution in [2.75, 3.05) is 6.79 Å². The number of aromatic amines is 1. The number of hydrogen-bond donors (Lipinski definition) is 3. The first-order valence-corrected chi connectivity index (χ1v) is 14.5. The Bertz CT molecular complexity index is 1240. The molecule has 3 N–H and O–H groups in total. The van der Waals surface area contributed by atoms with E-state index in [1.165, 1.54) is 4.57 Å². The van der Waals surface area contributed by atoms with Gasteiger partial charge in [-0.1, -0.05) is 67.6 Å². The zero-order valence-electron chi connectivity index (χ0n) is 24.3. The summed E-state index contributed by atoms with van der Waals surface area (Å²) in [4.78, 5) is 14.1. The summed E-state index contributed by atoms with van der Waals surface area (Å²) in [6.07, 6.45) is 1.67. The highest BCUT2D eigenvalue weighted by Gasteiger charge is 2.35. The van der Waals surface area contributed by atoms with Crippen molar-refractivity contribution >= 4 is 20.8 Å². The highest BCUT2D eigenvalue weighted by atomic mass is 32.1. The van der Waals surface area contributed by atoms with Gasteiger partial charge in [0.05, 0.1) is 12.2 Å². The summed E-state index contributed by atoms with van der Waals surface area (Å²) in [5.74, 6) is 0.206. The summed E-state index contributed by atoms with van der Waals surface area (Å²) in [5, 5.41) is 18.1. The van der Waals surface area contributed by atoms with Crippen LogP contribution in [0, 0.1) is 17.4 Å². The number of fused-ring (bicyclic) bond motifs is 1. The number of halogens is 1. The number of benzene rings is 1. The molecular formula is C27H42FN2O7PS. The van der Waals surface area contributed by atoms with Gasteiger partial charge in [-0.25, -0.2) is 9.18 Å². The van der Waals surface area contributed by atoms with Crippen LogP contribution < -0.4 is 10.2 Å². The lowest BCUT2D eigenvalue weighted by molar-refractivity contribution is -0.113. The van der Waals surface area contributed by atoms with Gasteiger partial charge in [0.25, 0.3) is 0 Å². The highest BCUT2D eigenvalue weighted by Crippen LogP contribution is 2.52. The maximum atomic E-state index is 14.9. The number of hydrogen-bond acceptors (Lipinski definition) is 8. The van der Waals surface area contributed by atoms with E-state index in [-0.39, 0.29) is 28.9 Å². The average molecular weight is 589 g/mol. The van der Waals surface area contributed by atoms with Gasteiger partial charge in [-0.2, -0.15) is 0 Å². The molecule has 0 saturated carbocycles. The minimum Gasteiger partial charge on any atom is -0.426 e. The summed E-state index contributed by atoms with van der Waals surface area (Å²) < 4.78 is 38.0. The molecule has 3 heterocycles. The maximum Gasteiger partial charge on any atom is 0.399 e. The molecule has 2 aromatic rings. The van der Waals surface area contributed by atoms with E-state index in [9.17, 15) is 14.3 Å². The zero-order valence-corrected chi connectivity index (χ0v) is 26.0. The largest absolute Gasteiger partial charge is 0.426 e. The quantitative estimate of drug-likeness (QED) is 0.215. The maximum absolute atomic E-state index is 14.9. The van der Waals surface area contributed by atoms with Crippen molar-refractivity contribution < 1.29 is 32.9 Å². The summed E-state index contributed by atoms with van der Waals surface area (Å²) in [5.41, 5.74) is 1.99. The minimum atomic E-state index is -1.69. The molecule has 9 nitrogen and oxygen atoms in total. The van der Waals surface area contributed by atoms with Crippen molar-refractivity contribution in [1.29, 1.82) is 0 Å². The first-order chi connectivity index (χ1) is 18.1. The highest BCUT2D eigenvalue weighted by molar-refractivity contribution is 7.71. The van der Waals surface area contributed by atoms with E-state index in [1.807, 2.05) is 47.6 Å². The molecule has 4 rings (SSSR count). The van der Waals surface area contributed by atoms with Crippen LogP contribution in [0.2, 0.25) is 0 Å². The summed E-state index contributed by atoms with van der Waals surface area (Å²) in [6, 6.07) is 1.88. The van der Waals surface area contributed by atoms with Crippen LogP contribution in [0.1, 0.15) is 96.7 Å². The molecule has 0 bridgehead atoms. The van der Waals surface area contributed by atoms with Gasteiger partial charge in [-0.3, -0.25) is 18.6 Å². The Morgan fingerprint density at radius 3 is 2.31 bits per heavy atom. The molecule has 1 fully saturated rings. The molecule has 12 heteroatoms. The van der Waals surface area contributed by atoms with Crippen LogP contribution in [-0.4, -0.2) is 32.8 Å². The number of rotatable bonds is 3. The molecular weight excluding hydrogens is 546 g/mol. The molecule has 0 radical (unpaired) electrons. The van der Waals surface area contributed by atoms with Crippen molar-refractivity contribution in [1.82, 2.24) is 9.55 Å². The number of aliphatic hydroxyl groups is 2. The SMILES string of the molecule is CC.CC(C)(C)c1cc(C(C)(C)C)c2c(c1F)COP(OCO)O2.Cc1cn(C2CCC(O)O2)c(=O)[nH]c1=S. The van der Waals surface area contributed by atoms with Crippen molar-refractivity contribution in [2.45, 2.75) is 105 Å². The van der Waals surface area contributed by atoms with Crippen LogP contribution in [0.3, 0.4) is 0 Å². The fourth-order valence-corrected chi connectivity index (χ4v) is 4.98. The Morgan fingerprint density at radius 2 is 1.79 bits per heavy atom. The summed E-state index contributed by atoms with van der Waals surface area (Å²) >= 11 is 4.94. The molecule has 1 aromatic heterocycles. The van der Waals surface area contributed by atoms with Crippen molar-refractivity contribution in [2.24, 2.45) is 0 Å². The van der Waals surface area contributed by atoms with Crippen LogP contribution in [0.15, 0.2) is 17.1 Å². The number of nitrogens with zero attached hydrogens (tertiary/aromatic N) is 1. The lowest BCUT2D eigenvalue weighted by Gasteiger charge is -2.33. The zero-order chi connectivity index (χ0) is 29.7. The number of aryl methyl sites for hydroxylation is 1. The number of ether oxygens (including phenoxy) is 1. The second-order valence-electron chi connectivity index (χ2n) is 11.0. The molecule has 220 valence electrons. The average Bonchev–Trinajstić information content (AvgIpc) is 3.28. The van der Waals surface area contributed by atoms with Crippen LogP contribution in [-0.2, 0) is 31.2 Å². The van der Waals surface area contributed by atoms with E-state index in [0.717, 1.165) is 11.1 Å². The molecule has 3 unspecified atom stereocenters. The third kappa shape index (κ3) is 8.39. The van der Waals surface area contributed by atoms with Gasteiger partial charge in [-0.05, 0) is 35.8 Å². The van der Waals surface area contributed by atoms with Crippen LogP contribution >= 0.6 is 20.8 Å². The normalized spacial score (nSPS) is 20.7. The fraction of sp³-hybridized carbons (Fsp3) is 0.630. The molecule has 2 aliphatic heterocycles. The van der Waals surface area contributed by atoms with Crippen molar-refractivity contribution in [3.63, 3.8) is 0 Å². The smallest absolute Gasteiger partial charge is 0.399 e. The third-order valence-electron chi connectivity index (χ3n) is 6.00. The second kappa shape index (κ2) is 13.8. The Kier molecular flexibility index (Phi) is 11.8. The lowest BCUT2D eigenvalue weighted by Crippen LogP contribution is -2.27. The Balaban J connectivity index is 0.000000273. The van der Waals surface area contributed by atoms with Crippen LogP contribution in [0.25, 0.3) is 0 Å². The van der Waals surface area contributed by atoms with Gasteiger partial charge in [0.1, 0.15) is 22.4 Å². The fourth-order valence-electron chi connectivity index (χ4n) is 3.97. The van der Waals surface area contributed by atoms with E-state index in [2.05, 4.69) is 25.8 Å². The number of aromatic nitrogens is 2. The number of aliphatic hydroxyl groups excluding tert-OH is 2. The Morgan fingerprint density at radius 1 is 1.18 bits per heavy atom. The lowest BCUT2D eigenvalue weighted by atomic mass is 9.78. The Labute approximate surface area is 236 Å². The van der Waals surface area contributed by atoms with Gasteiger partial charge in [-0.15, -0.1) is 0 Å². The third-order valence-corrected chi connectivity index (χ3v) is 7.42. The van der Waals surface area contributed by atoms with E-state index < -0.39 is 27.9 Å². The molecule has 3 atom stereocenters. The van der Waals surface area contributed by atoms with Gasteiger partial charge >= 0.3 is 14.3 Å². The van der Waals surface area contributed by atoms with E-state index in [4.69, 9.17) is 35.6 Å². The summed E-state index contributed by atoms with van der Waals surface area (Å²) in [7, 11) is -1.69. The first kappa shape index (κ1) is 33.5. The van der Waals surface area contributed by atoms with Gasteiger partial charge < -0.3 is 19.5 Å². The Hall–Kier alpha value is -1.72. The van der Waals surface area contributed by atoms with Gasteiger partial charge in [0.2, 0.25) is 0 Å². The van der Waals surface area contributed by atoms with Crippen molar-refractivity contribution in [3.8, 4) is 5.75 Å². The van der Waals surface area contributed by atoms with Crippen LogP contribution in [0.5, 0.6) is 5.75 Å².